The van der Waals surface area contributed by atoms with Gasteiger partial charge >= 0.3 is 5.97 Å². The van der Waals surface area contributed by atoms with Crippen molar-refractivity contribution >= 4 is 5.97 Å². The van der Waals surface area contributed by atoms with E-state index < -0.39 is 11.5 Å². The van der Waals surface area contributed by atoms with Crippen molar-refractivity contribution in [2.24, 2.45) is 17.3 Å². The van der Waals surface area contributed by atoms with Gasteiger partial charge in [0.1, 0.15) is 5.54 Å². The Morgan fingerprint density at radius 3 is 2.47 bits per heavy atom. The monoisotopic (exact) mass is 239 g/mol. The van der Waals surface area contributed by atoms with Crippen LogP contribution in [0.25, 0.3) is 0 Å². The average Bonchev–Trinajstić information content (AvgIpc) is 2.99. The second-order valence-corrected chi connectivity index (χ2v) is 6.87. The molecule has 2 unspecified atom stereocenters. The Kier molecular flexibility index (Phi) is 3.23. The summed E-state index contributed by atoms with van der Waals surface area (Å²) < 4.78 is 0. The highest BCUT2D eigenvalue weighted by molar-refractivity contribution is 5.79. The fraction of sp³-hybridized carbons (Fsp3) is 0.929. The van der Waals surface area contributed by atoms with E-state index in [1.807, 2.05) is 0 Å². The SMILES string of the molecule is CC1CC(C)(C)CCC1(NCC1CC1)C(=O)O. The Bertz CT molecular complexity index is 305. The fourth-order valence-electron chi connectivity index (χ4n) is 3.19. The quantitative estimate of drug-likeness (QED) is 0.793. The van der Waals surface area contributed by atoms with Crippen LogP contribution in [0.4, 0.5) is 0 Å². The highest BCUT2D eigenvalue weighted by Crippen LogP contribution is 2.44. The number of nitrogens with one attached hydrogen (secondary N) is 1. The Morgan fingerprint density at radius 1 is 1.35 bits per heavy atom. The molecule has 3 heteroatoms. The maximum absolute atomic E-state index is 11.7. The summed E-state index contributed by atoms with van der Waals surface area (Å²) in [5.74, 6) is 0.289. The maximum Gasteiger partial charge on any atom is 0.324 e. The van der Waals surface area contributed by atoms with E-state index >= 15 is 0 Å². The molecule has 0 radical (unpaired) electrons. The Hall–Kier alpha value is -0.570. The topological polar surface area (TPSA) is 49.3 Å². The largest absolute Gasteiger partial charge is 0.480 e. The summed E-state index contributed by atoms with van der Waals surface area (Å²) >= 11 is 0. The number of carboxylic acids is 1. The third-order valence-electron chi connectivity index (χ3n) is 4.68. The van der Waals surface area contributed by atoms with Crippen molar-refractivity contribution in [3.05, 3.63) is 0 Å². The first-order chi connectivity index (χ1) is 7.86. The molecule has 0 aromatic rings. The summed E-state index contributed by atoms with van der Waals surface area (Å²) in [6.45, 7) is 7.47. The van der Waals surface area contributed by atoms with Crippen LogP contribution in [0, 0.1) is 17.3 Å². The van der Waals surface area contributed by atoms with Gasteiger partial charge in [0.05, 0.1) is 0 Å². The van der Waals surface area contributed by atoms with E-state index in [1.165, 1.54) is 12.8 Å². The molecule has 0 spiro atoms. The summed E-state index contributed by atoms with van der Waals surface area (Å²) in [5.41, 5.74) is -0.377. The predicted octanol–water partition coefficient (Wildman–Crippen LogP) is 2.66. The van der Waals surface area contributed by atoms with Gasteiger partial charge in [-0.05, 0) is 55.9 Å². The van der Waals surface area contributed by atoms with E-state index in [9.17, 15) is 9.90 Å². The molecule has 0 aliphatic heterocycles. The Labute approximate surface area is 104 Å². The Balaban J connectivity index is 2.07. The lowest BCUT2D eigenvalue weighted by Crippen LogP contribution is -2.60. The zero-order chi connectivity index (χ0) is 12.7. The zero-order valence-corrected chi connectivity index (χ0v) is 11.3. The zero-order valence-electron chi connectivity index (χ0n) is 11.3. The lowest BCUT2D eigenvalue weighted by molar-refractivity contribution is -0.150. The lowest BCUT2D eigenvalue weighted by Gasteiger charge is -2.46. The molecule has 2 fully saturated rings. The molecule has 2 aliphatic rings. The summed E-state index contributed by atoms with van der Waals surface area (Å²) in [5, 5.41) is 13.0. The van der Waals surface area contributed by atoms with Crippen LogP contribution in [-0.4, -0.2) is 23.2 Å². The maximum atomic E-state index is 11.7. The molecule has 98 valence electrons. The van der Waals surface area contributed by atoms with Gasteiger partial charge in [-0.15, -0.1) is 0 Å². The minimum Gasteiger partial charge on any atom is -0.480 e. The highest BCUT2D eigenvalue weighted by atomic mass is 16.4. The van der Waals surface area contributed by atoms with Gasteiger partial charge in [0.15, 0.2) is 0 Å². The van der Waals surface area contributed by atoms with Gasteiger partial charge in [0, 0.05) is 0 Å². The van der Waals surface area contributed by atoms with E-state index in [0.29, 0.717) is 5.41 Å². The van der Waals surface area contributed by atoms with Gasteiger partial charge in [0.25, 0.3) is 0 Å². The van der Waals surface area contributed by atoms with Gasteiger partial charge in [-0.2, -0.15) is 0 Å². The number of rotatable bonds is 4. The molecule has 0 aromatic heterocycles. The molecule has 17 heavy (non-hydrogen) atoms. The molecular formula is C14H25NO2. The minimum absolute atomic E-state index is 0.211. The van der Waals surface area contributed by atoms with Crippen molar-refractivity contribution in [3.63, 3.8) is 0 Å². The number of carbonyl (C=O) groups is 1. The molecule has 2 aliphatic carbocycles. The molecule has 0 aromatic carbocycles. The standard InChI is InChI=1S/C14H25NO2/c1-10-8-13(2,3)6-7-14(10,12(16)17)15-9-11-4-5-11/h10-11,15H,4-9H2,1-3H3,(H,16,17). The van der Waals surface area contributed by atoms with E-state index in [1.54, 1.807) is 0 Å². The molecule has 0 amide bonds. The molecule has 0 heterocycles. The van der Waals surface area contributed by atoms with Crippen LogP contribution in [0.15, 0.2) is 0 Å². The highest BCUT2D eigenvalue weighted by Gasteiger charge is 2.49. The van der Waals surface area contributed by atoms with Crippen molar-refractivity contribution in [1.29, 1.82) is 0 Å². The number of carboxylic acid groups (broad SMARTS) is 1. The summed E-state index contributed by atoms with van der Waals surface area (Å²) in [4.78, 5) is 11.7. The molecule has 2 atom stereocenters. The number of aliphatic carboxylic acids is 1. The summed E-state index contributed by atoms with van der Waals surface area (Å²) in [6, 6.07) is 0. The predicted molar refractivity (Wildman–Crippen MR) is 67.9 cm³/mol. The van der Waals surface area contributed by atoms with Crippen molar-refractivity contribution < 1.29 is 9.90 Å². The van der Waals surface area contributed by atoms with E-state index in [2.05, 4.69) is 26.1 Å². The molecular weight excluding hydrogens is 214 g/mol. The average molecular weight is 239 g/mol. The van der Waals surface area contributed by atoms with Crippen molar-refractivity contribution in [2.75, 3.05) is 6.54 Å². The van der Waals surface area contributed by atoms with Gasteiger partial charge in [-0.3, -0.25) is 4.79 Å². The van der Waals surface area contributed by atoms with Crippen LogP contribution < -0.4 is 5.32 Å². The molecule has 0 bridgehead atoms. The third kappa shape index (κ3) is 2.65. The van der Waals surface area contributed by atoms with Crippen LogP contribution in [-0.2, 0) is 4.79 Å². The molecule has 2 saturated carbocycles. The summed E-state index contributed by atoms with van der Waals surface area (Å²) in [6.07, 6.45) is 5.30. The van der Waals surface area contributed by atoms with E-state index in [0.717, 1.165) is 31.7 Å². The van der Waals surface area contributed by atoms with Crippen LogP contribution in [0.2, 0.25) is 0 Å². The first-order valence-electron chi connectivity index (χ1n) is 6.84. The smallest absolute Gasteiger partial charge is 0.324 e. The van der Waals surface area contributed by atoms with Crippen molar-refractivity contribution in [2.45, 2.75) is 58.4 Å². The third-order valence-corrected chi connectivity index (χ3v) is 4.68. The van der Waals surface area contributed by atoms with Gasteiger partial charge in [-0.1, -0.05) is 20.8 Å². The first-order valence-corrected chi connectivity index (χ1v) is 6.84. The number of hydrogen-bond donors (Lipinski definition) is 2. The van der Waals surface area contributed by atoms with E-state index in [4.69, 9.17) is 0 Å². The van der Waals surface area contributed by atoms with Crippen molar-refractivity contribution in [1.82, 2.24) is 5.32 Å². The Morgan fingerprint density at radius 2 is 2.00 bits per heavy atom. The van der Waals surface area contributed by atoms with Gasteiger partial charge in [0.2, 0.25) is 0 Å². The van der Waals surface area contributed by atoms with Crippen LogP contribution in [0.5, 0.6) is 0 Å². The molecule has 0 saturated heterocycles. The fourth-order valence-corrected chi connectivity index (χ4v) is 3.19. The lowest BCUT2D eigenvalue weighted by atomic mass is 9.63. The van der Waals surface area contributed by atoms with Crippen LogP contribution in [0.3, 0.4) is 0 Å². The van der Waals surface area contributed by atoms with Gasteiger partial charge in [-0.25, -0.2) is 0 Å². The first kappa shape index (κ1) is 12.9. The second kappa shape index (κ2) is 4.27. The van der Waals surface area contributed by atoms with Crippen molar-refractivity contribution in [3.8, 4) is 0 Å². The number of hydrogen-bond acceptors (Lipinski definition) is 2. The summed E-state index contributed by atoms with van der Waals surface area (Å²) in [7, 11) is 0. The van der Waals surface area contributed by atoms with Crippen LogP contribution >= 0.6 is 0 Å². The minimum atomic E-state index is -0.669. The normalized spacial score (nSPS) is 36.8. The second-order valence-electron chi connectivity index (χ2n) is 6.87. The molecule has 2 N–H and O–H groups in total. The van der Waals surface area contributed by atoms with Gasteiger partial charge < -0.3 is 10.4 Å². The van der Waals surface area contributed by atoms with E-state index in [-0.39, 0.29) is 5.92 Å². The van der Waals surface area contributed by atoms with Crippen LogP contribution in [0.1, 0.15) is 52.9 Å². The molecule has 2 rings (SSSR count). The molecule has 3 nitrogen and oxygen atoms in total.